The minimum absolute atomic E-state index is 0.295. The Kier molecular flexibility index (Phi) is 3.76. The average molecular weight is 311 g/mol. The maximum Gasteiger partial charge on any atom is 0.224 e. The Balaban J connectivity index is 2.45. The highest BCUT2D eigenvalue weighted by atomic mass is 79.9. The number of nitrogens with one attached hydrogen (secondary N) is 1. The van der Waals surface area contributed by atoms with Gasteiger partial charge in [-0.2, -0.15) is 4.98 Å². The summed E-state index contributed by atoms with van der Waals surface area (Å²) in [5.74, 6) is 0.785. The number of nitrogens with zero attached hydrogens (tertiary/aromatic N) is 3. The molecule has 1 aromatic heterocycles. The lowest BCUT2D eigenvalue weighted by Gasteiger charge is -2.20. The van der Waals surface area contributed by atoms with E-state index in [9.17, 15) is 4.39 Å². The fraction of sp³-hybridized carbons (Fsp3) is 0.167. The summed E-state index contributed by atoms with van der Waals surface area (Å²) >= 11 is 3.37. The van der Waals surface area contributed by atoms with E-state index in [-0.39, 0.29) is 5.82 Å². The van der Waals surface area contributed by atoms with Crippen molar-refractivity contribution in [2.45, 2.75) is 0 Å². The van der Waals surface area contributed by atoms with Gasteiger partial charge in [0.1, 0.15) is 5.82 Å². The van der Waals surface area contributed by atoms with Crippen molar-refractivity contribution in [3.05, 3.63) is 40.8 Å². The first-order valence-electron chi connectivity index (χ1n) is 5.32. The molecule has 2 rings (SSSR count). The summed E-state index contributed by atoms with van der Waals surface area (Å²) in [5.41, 5.74) is 0.457. The van der Waals surface area contributed by atoms with Crippen LogP contribution >= 0.6 is 15.9 Å². The zero-order valence-corrected chi connectivity index (χ0v) is 11.6. The van der Waals surface area contributed by atoms with Gasteiger partial charge < -0.3 is 10.2 Å². The van der Waals surface area contributed by atoms with Gasteiger partial charge in [-0.05, 0) is 28.1 Å². The molecule has 0 aliphatic carbocycles. The van der Waals surface area contributed by atoms with Gasteiger partial charge in [0.25, 0.3) is 0 Å². The molecule has 18 heavy (non-hydrogen) atoms. The molecule has 2 aromatic rings. The quantitative estimate of drug-likeness (QED) is 0.945. The molecular weight excluding hydrogens is 299 g/mol. The molecule has 4 nitrogen and oxygen atoms in total. The zero-order chi connectivity index (χ0) is 13.1. The number of aromatic nitrogens is 2. The number of rotatable bonds is 3. The largest absolute Gasteiger partial charge is 0.357 e. The smallest absolute Gasteiger partial charge is 0.224 e. The molecule has 0 saturated carbocycles. The van der Waals surface area contributed by atoms with Gasteiger partial charge in [-0.25, -0.2) is 9.37 Å². The highest BCUT2D eigenvalue weighted by Crippen LogP contribution is 2.30. The molecule has 1 heterocycles. The van der Waals surface area contributed by atoms with E-state index >= 15 is 0 Å². The Bertz CT molecular complexity index is 562. The summed E-state index contributed by atoms with van der Waals surface area (Å²) in [4.78, 5) is 10.0. The van der Waals surface area contributed by atoms with Crippen LogP contribution in [-0.4, -0.2) is 24.1 Å². The third kappa shape index (κ3) is 2.43. The van der Waals surface area contributed by atoms with Crippen molar-refractivity contribution in [1.29, 1.82) is 0 Å². The third-order valence-corrected chi connectivity index (χ3v) is 3.04. The van der Waals surface area contributed by atoms with Crippen molar-refractivity contribution in [1.82, 2.24) is 9.97 Å². The van der Waals surface area contributed by atoms with Crippen molar-refractivity contribution < 1.29 is 4.39 Å². The zero-order valence-electron chi connectivity index (χ0n) is 9.98. The monoisotopic (exact) mass is 310 g/mol. The second-order valence-corrected chi connectivity index (χ2v) is 4.48. The average Bonchev–Trinajstić information content (AvgIpc) is 2.39. The molecule has 0 aliphatic rings. The van der Waals surface area contributed by atoms with Gasteiger partial charge in [-0.3, -0.25) is 0 Å². The number of halogens is 2. The minimum atomic E-state index is -0.295. The Morgan fingerprint density at radius 2 is 2.06 bits per heavy atom. The van der Waals surface area contributed by atoms with E-state index in [1.807, 2.05) is 0 Å². The Morgan fingerprint density at radius 3 is 2.72 bits per heavy atom. The molecule has 0 spiro atoms. The lowest BCUT2D eigenvalue weighted by atomic mass is 10.3. The van der Waals surface area contributed by atoms with E-state index in [0.717, 1.165) is 0 Å². The van der Waals surface area contributed by atoms with E-state index in [0.29, 0.717) is 21.9 Å². The second kappa shape index (κ2) is 5.30. The van der Waals surface area contributed by atoms with Gasteiger partial charge >= 0.3 is 0 Å². The fourth-order valence-electron chi connectivity index (χ4n) is 1.55. The minimum Gasteiger partial charge on any atom is -0.357 e. The molecule has 0 saturated heterocycles. The van der Waals surface area contributed by atoms with Crippen molar-refractivity contribution in [2.24, 2.45) is 0 Å². The molecule has 6 heteroatoms. The fourth-order valence-corrected chi connectivity index (χ4v) is 2.01. The maximum atomic E-state index is 13.7. The topological polar surface area (TPSA) is 41.1 Å². The summed E-state index contributed by atoms with van der Waals surface area (Å²) in [6, 6.07) is 6.55. The Morgan fingerprint density at radius 1 is 1.33 bits per heavy atom. The molecule has 0 radical (unpaired) electrons. The van der Waals surface area contributed by atoms with Crippen LogP contribution < -0.4 is 10.2 Å². The molecule has 94 valence electrons. The van der Waals surface area contributed by atoms with E-state index in [1.165, 1.54) is 6.07 Å². The molecule has 1 N–H and O–H groups in total. The molecule has 0 bridgehead atoms. The van der Waals surface area contributed by atoms with Crippen LogP contribution in [0.5, 0.6) is 0 Å². The van der Waals surface area contributed by atoms with Crippen LogP contribution in [-0.2, 0) is 0 Å². The SMILES string of the molecule is CNc1ncc(Br)c(N(C)c2ccccc2F)n1. The van der Waals surface area contributed by atoms with Gasteiger partial charge in [0, 0.05) is 20.3 Å². The molecule has 0 amide bonds. The van der Waals surface area contributed by atoms with Crippen molar-refractivity contribution in [3.8, 4) is 0 Å². The predicted molar refractivity (Wildman–Crippen MR) is 73.7 cm³/mol. The predicted octanol–water partition coefficient (Wildman–Crippen LogP) is 3.19. The molecule has 0 atom stereocenters. The molecule has 1 aromatic carbocycles. The van der Waals surface area contributed by atoms with Gasteiger partial charge in [-0.15, -0.1) is 0 Å². The number of hydrogen-bond donors (Lipinski definition) is 1. The summed E-state index contributed by atoms with van der Waals surface area (Å²) < 4.78 is 14.4. The van der Waals surface area contributed by atoms with Gasteiger partial charge in [-0.1, -0.05) is 12.1 Å². The number of anilines is 3. The van der Waals surface area contributed by atoms with Crippen LogP contribution in [0, 0.1) is 5.82 Å². The molecular formula is C12H12BrFN4. The summed E-state index contributed by atoms with van der Waals surface area (Å²) in [6.45, 7) is 0. The molecule has 0 aliphatic heterocycles. The molecule has 0 fully saturated rings. The van der Waals surface area contributed by atoms with E-state index < -0.39 is 0 Å². The van der Waals surface area contributed by atoms with Crippen molar-refractivity contribution in [2.75, 3.05) is 24.3 Å². The lowest BCUT2D eigenvalue weighted by Crippen LogP contribution is -2.14. The highest BCUT2D eigenvalue weighted by Gasteiger charge is 2.14. The van der Waals surface area contributed by atoms with Crippen LogP contribution in [0.3, 0.4) is 0 Å². The van der Waals surface area contributed by atoms with Crippen LogP contribution in [0.15, 0.2) is 34.9 Å². The number of benzene rings is 1. The van der Waals surface area contributed by atoms with Gasteiger partial charge in [0.05, 0.1) is 10.2 Å². The normalized spacial score (nSPS) is 10.2. The highest BCUT2D eigenvalue weighted by molar-refractivity contribution is 9.10. The Labute approximate surface area is 113 Å². The van der Waals surface area contributed by atoms with Crippen LogP contribution in [0.2, 0.25) is 0 Å². The second-order valence-electron chi connectivity index (χ2n) is 3.63. The van der Waals surface area contributed by atoms with E-state index in [2.05, 4.69) is 31.2 Å². The van der Waals surface area contributed by atoms with Crippen molar-refractivity contribution >= 4 is 33.4 Å². The maximum absolute atomic E-state index is 13.7. The third-order valence-electron chi connectivity index (χ3n) is 2.48. The van der Waals surface area contributed by atoms with Gasteiger partial charge in [0.15, 0.2) is 5.82 Å². The summed E-state index contributed by atoms with van der Waals surface area (Å²) in [6.07, 6.45) is 1.63. The van der Waals surface area contributed by atoms with E-state index in [1.54, 1.807) is 43.4 Å². The van der Waals surface area contributed by atoms with Crippen LogP contribution in [0.25, 0.3) is 0 Å². The number of para-hydroxylation sites is 1. The first kappa shape index (κ1) is 12.8. The van der Waals surface area contributed by atoms with E-state index in [4.69, 9.17) is 0 Å². The first-order chi connectivity index (χ1) is 8.63. The number of hydrogen-bond acceptors (Lipinski definition) is 4. The Hall–Kier alpha value is -1.69. The molecule has 0 unspecified atom stereocenters. The standard InChI is InChI=1S/C12H12BrFN4/c1-15-12-16-7-8(13)11(17-12)18(2)10-6-4-3-5-9(10)14/h3-7H,1-2H3,(H,15,16,17). The van der Waals surface area contributed by atoms with Gasteiger partial charge in [0.2, 0.25) is 5.95 Å². The van der Waals surface area contributed by atoms with Crippen LogP contribution in [0.1, 0.15) is 0 Å². The summed E-state index contributed by atoms with van der Waals surface area (Å²) in [5, 5.41) is 2.85. The van der Waals surface area contributed by atoms with Crippen LogP contribution in [0.4, 0.5) is 21.8 Å². The summed E-state index contributed by atoms with van der Waals surface area (Å²) in [7, 11) is 3.49. The lowest BCUT2D eigenvalue weighted by molar-refractivity contribution is 0.627. The van der Waals surface area contributed by atoms with Crippen molar-refractivity contribution in [3.63, 3.8) is 0 Å². The first-order valence-corrected chi connectivity index (χ1v) is 6.11.